The molecule has 1 amide bonds. The zero-order valence-corrected chi connectivity index (χ0v) is 18.8. The highest BCUT2D eigenvalue weighted by Gasteiger charge is 2.24. The van der Waals surface area contributed by atoms with E-state index in [0.29, 0.717) is 29.8 Å². The highest BCUT2D eigenvalue weighted by molar-refractivity contribution is 8.00. The fourth-order valence-electron chi connectivity index (χ4n) is 3.34. The number of anilines is 1. The number of H-pyrrole nitrogens is 1. The second-order valence-corrected chi connectivity index (χ2v) is 8.07. The summed E-state index contributed by atoms with van der Waals surface area (Å²) in [7, 11) is 0. The van der Waals surface area contributed by atoms with Crippen LogP contribution in [0.3, 0.4) is 0 Å². The molecule has 1 atom stereocenters. The van der Waals surface area contributed by atoms with Crippen molar-refractivity contribution in [3.05, 3.63) is 78.4 Å². The molecule has 1 heterocycles. The molecule has 1 aromatic heterocycles. The predicted octanol–water partition coefficient (Wildman–Crippen LogP) is 5.83. The molecule has 164 valence electrons. The molecule has 32 heavy (non-hydrogen) atoms. The summed E-state index contributed by atoms with van der Waals surface area (Å²) in [6.07, 6.45) is 0. The maximum atomic E-state index is 13.4. The number of fused-ring (bicyclic) bond motifs is 1. The number of ether oxygens (including phenoxy) is 2. The Labute approximate surface area is 191 Å². The number of thioether (sulfide) groups is 1. The van der Waals surface area contributed by atoms with Crippen molar-refractivity contribution in [3.63, 3.8) is 0 Å². The first-order valence-corrected chi connectivity index (χ1v) is 11.4. The molecule has 3 aromatic carbocycles. The highest BCUT2D eigenvalue weighted by atomic mass is 32.2. The summed E-state index contributed by atoms with van der Waals surface area (Å²) in [5.74, 6) is 1.28. The predicted molar refractivity (Wildman–Crippen MR) is 129 cm³/mol. The van der Waals surface area contributed by atoms with Gasteiger partial charge in [0, 0.05) is 6.07 Å². The molecule has 0 aliphatic carbocycles. The van der Waals surface area contributed by atoms with Crippen molar-refractivity contribution >= 4 is 34.4 Å². The number of imidazole rings is 1. The molecule has 7 heteroatoms. The first kappa shape index (κ1) is 21.8. The normalized spacial score (nSPS) is 11.8. The smallest absolute Gasteiger partial charge is 0.242 e. The van der Waals surface area contributed by atoms with Crippen molar-refractivity contribution in [1.82, 2.24) is 9.97 Å². The number of hydrogen-bond acceptors (Lipinski definition) is 5. The Morgan fingerprint density at radius 1 is 1.00 bits per heavy atom. The molecule has 6 nitrogen and oxygen atoms in total. The van der Waals surface area contributed by atoms with Crippen LogP contribution in [0, 0.1) is 0 Å². The maximum absolute atomic E-state index is 13.4. The van der Waals surface area contributed by atoms with Gasteiger partial charge in [0.2, 0.25) is 5.91 Å². The lowest BCUT2D eigenvalue weighted by Gasteiger charge is -2.17. The fourth-order valence-corrected chi connectivity index (χ4v) is 4.34. The molecule has 0 aliphatic heterocycles. The van der Waals surface area contributed by atoms with E-state index in [1.165, 1.54) is 11.8 Å². The Balaban J connectivity index is 1.62. The molecule has 0 radical (unpaired) electrons. The number of aromatic nitrogens is 2. The van der Waals surface area contributed by atoms with Crippen molar-refractivity contribution in [2.75, 3.05) is 18.5 Å². The number of rotatable bonds is 9. The van der Waals surface area contributed by atoms with E-state index in [1.807, 2.05) is 86.6 Å². The molecule has 2 N–H and O–H groups in total. The number of benzene rings is 3. The number of para-hydroxylation sites is 2. The highest BCUT2D eigenvalue weighted by Crippen LogP contribution is 2.37. The van der Waals surface area contributed by atoms with Gasteiger partial charge < -0.3 is 19.8 Å². The fraction of sp³-hybridized carbons (Fsp3) is 0.200. The van der Waals surface area contributed by atoms with Crippen LogP contribution in [0.4, 0.5) is 5.69 Å². The third kappa shape index (κ3) is 5.06. The largest absolute Gasteiger partial charge is 0.494 e. The minimum absolute atomic E-state index is 0.149. The second kappa shape index (κ2) is 10.2. The van der Waals surface area contributed by atoms with Gasteiger partial charge in [-0.3, -0.25) is 4.79 Å². The van der Waals surface area contributed by atoms with Crippen LogP contribution in [0.15, 0.2) is 78.0 Å². The van der Waals surface area contributed by atoms with Crippen LogP contribution < -0.4 is 14.8 Å². The Bertz CT molecular complexity index is 1190. The van der Waals surface area contributed by atoms with E-state index in [-0.39, 0.29) is 5.91 Å². The van der Waals surface area contributed by atoms with Crippen LogP contribution in [-0.2, 0) is 4.79 Å². The van der Waals surface area contributed by atoms with Crippen LogP contribution in [0.25, 0.3) is 11.0 Å². The first-order chi connectivity index (χ1) is 15.7. The summed E-state index contributed by atoms with van der Waals surface area (Å²) < 4.78 is 11.2. The minimum Gasteiger partial charge on any atom is -0.494 e. The molecule has 4 aromatic rings. The van der Waals surface area contributed by atoms with Gasteiger partial charge in [0.1, 0.15) is 16.7 Å². The Morgan fingerprint density at radius 3 is 2.53 bits per heavy atom. The van der Waals surface area contributed by atoms with Crippen molar-refractivity contribution in [2.45, 2.75) is 24.3 Å². The molecule has 0 saturated heterocycles. The van der Waals surface area contributed by atoms with Gasteiger partial charge in [-0.1, -0.05) is 54.2 Å². The molecular weight excluding hydrogens is 422 g/mol. The van der Waals surface area contributed by atoms with E-state index in [0.717, 1.165) is 22.3 Å². The van der Waals surface area contributed by atoms with Crippen molar-refractivity contribution < 1.29 is 14.3 Å². The van der Waals surface area contributed by atoms with E-state index < -0.39 is 5.25 Å². The van der Waals surface area contributed by atoms with Crippen molar-refractivity contribution in [2.24, 2.45) is 0 Å². The van der Waals surface area contributed by atoms with Crippen LogP contribution in [0.1, 0.15) is 24.7 Å². The zero-order chi connectivity index (χ0) is 22.3. The molecule has 0 spiro atoms. The Hall–Kier alpha value is -3.45. The number of amides is 1. The molecule has 0 bridgehead atoms. The standard InChI is InChI=1S/C25H25N3O3S/c1-3-30-18-14-15-19-21(16-18)28-25(27-19)32-23(17-10-6-5-7-11-17)24(29)26-20-12-8-9-13-22(20)31-4-2/h5-16,23H,3-4H2,1-2H3,(H,26,29)(H,27,28)/t23-/m0/s1. The summed E-state index contributed by atoms with van der Waals surface area (Å²) in [5.41, 5.74) is 3.23. The van der Waals surface area contributed by atoms with Gasteiger partial charge in [-0.15, -0.1) is 0 Å². The van der Waals surface area contributed by atoms with Gasteiger partial charge in [0.05, 0.1) is 29.9 Å². The lowest BCUT2D eigenvalue weighted by atomic mass is 10.1. The number of aromatic amines is 1. The van der Waals surface area contributed by atoms with Crippen LogP contribution >= 0.6 is 11.8 Å². The van der Waals surface area contributed by atoms with Gasteiger partial charge in [-0.25, -0.2) is 4.98 Å². The number of nitrogens with one attached hydrogen (secondary N) is 2. The summed E-state index contributed by atoms with van der Waals surface area (Å²) in [6.45, 7) is 4.98. The summed E-state index contributed by atoms with van der Waals surface area (Å²) in [6, 6.07) is 22.9. The third-order valence-corrected chi connectivity index (χ3v) is 5.90. The summed E-state index contributed by atoms with van der Waals surface area (Å²) in [5, 5.41) is 3.19. The third-order valence-electron chi connectivity index (χ3n) is 4.76. The number of hydrogen-bond donors (Lipinski definition) is 2. The van der Waals surface area contributed by atoms with Gasteiger partial charge in [-0.2, -0.15) is 0 Å². The van der Waals surface area contributed by atoms with E-state index in [1.54, 1.807) is 0 Å². The molecule has 0 unspecified atom stereocenters. The van der Waals surface area contributed by atoms with E-state index >= 15 is 0 Å². The van der Waals surface area contributed by atoms with E-state index in [2.05, 4.69) is 15.3 Å². The average molecular weight is 448 g/mol. The van der Waals surface area contributed by atoms with Crippen molar-refractivity contribution in [1.29, 1.82) is 0 Å². The summed E-state index contributed by atoms with van der Waals surface area (Å²) >= 11 is 1.37. The second-order valence-electron chi connectivity index (χ2n) is 6.98. The Morgan fingerprint density at radius 2 is 1.75 bits per heavy atom. The van der Waals surface area contributed by atoms with Gasteiger partial charge >= 0.3 is 0 Å². The molecule has 4 rings (SSSR count). The van der Waals surface area contributed by atoms with Gasteiger partial charge in [0.25, 0.3) is 0 Å². The van der Waals surface area contributed by atoms with Crippen LogP contribution in [-0.4, -0.2) is 29.1 Å². The van der Waals surface area contributed by atoms with E-state index in [9.17, 15) is 4.79 Å². The van der Waals surface area contributed by atoms with Gasteiger partial charge in [0.15, 0.2) is 5.16 Å². The van der Waals surface area contributed by atoms with Gasteiger partial charge in [-0.05, 0) is 43.7 Å². The minimum atomic E-state index is -0.502. The maximum Gasteiger partial charge on any atom is 0.242 e. The number of carbonyl (C=O) groups excluding carboxylic acids is 1. The van der Waals surface area contributed by atoms with Crippen LogP contribution in [0.2, 0.25) is 0 Å². The topological polar surface area (TPSA) is 76.2 Å². The summed E-state index contributed by atoms with van der Waals surface area (Å²) in [4.78, 5) is 21.4. The van der Waals surface area contributed by atoms with Crippen LogP contribution in [0.5, 0.6) is 11.5 Å². The molecule has 0 aliphatic rings. The molecular formula is C25H25N3O3S. The molecule has 0 fully saturated rings. The quantitative estimate of drug-likeness (QED) is 0.316. The first-order valence-electron chi connectivity index (χ1n) is 10.5. The lowest BCUT2D eigenvalue weighted by Crippen LogP contribution is -2.19. The average Bonchev–Trinajstić information content (AvgIpc) is 3.21. The SMILES string of the molecule is CCOc1ccc2nc(S[C@H](C(=O)Nc3ccccc3OCC)c3ccccc3)[nH]c2c1. The Kier molecular flexibility index (Phi) is 6.97. The van der Waals surface area contributed by atoms with Crippen molar-refractivity contribution in [3.8, 4) is 11.5 Å². The zero-order valence-electron chi connectivity index (χ0n) is 18.0. The molecule has 0 saturated carbocycles. The lowest BCUT2D eigenvalue weighted by molar-refractivity contribution is -0.115. The van der Waals surface area contributed by atoms with E-state index in [4.69, 9.17) is 9.47 Å². The number of carbonyl (C=O) groups is 1. The monoisotopic (exact) mass is 447 g/mol. The number of nitrogens with zero attached hydrogens (tertiary/aromatic N) is 1.